The number of terminal acetylenes is 1. The van der Waals surface area contributed by atoms with E-state index in [4.69, 9.17) is 11.5 Å². The van der Waals surface area contributed by atoms with E-state index >= 15 is 0 Å². The van der Waals surface area contributed by atoms with E-state index in [1.54, 1.807) is 6.92 Å². The fourth-order valence-electron chi connectivity index (χ4n) is 2.40. The normalized spacial score (nSPS) is 29.4. The van der Waals surface area contributed by atoms with Crippen molar-refractivity contribution in [1.82, 2.24) is 5.32 Å². The van der Waals surface area contributed by atoms with Crippen molar-refractivity contribution < 1.29 is 14.7 Å². The molecular weight excluding hydrogens is 218 g/mol. The molecule has 94 valence electrons. The van der Waals surface area contributed by atoms with Crippen LogP contribution in [-0.2, 0) is 9.59 Å². The Balaban J connectivity index is 2.70. The smallest absolute Gasteiger partial charge is 0.307 e. The molecule has 0 aliphatic heterocycles. The molecule has 0 aromatic carbocycles. The lowest BCUT2D eigenvalue weighted by atomic mass is 9.95. The average Bonchev–Trinajstić information content (AvgIpc) is 2.72. The number of aliphatic carboxylic acids is 1. The van der Waals surface area contributed by atoms with Gasteiger partial charge in [-0.15, -0.1) is 6.42 Å². The molecule has 4 atom stereocenters. The minimum atomic E-state index is -0.880. The van der Waals surface area contributed by atoms with E-state index in [-0.39, 0.29) is 11.9 Å². The number of rotatable bonds is 4. The molecule has 4 unspecified atom stereocenters. The lowest BCUT2D eigenvalue weighted by molar-refractivity contribution is -0.146. The largest absolute Gasteiger partial charge is 0.481 e. The Hall–Kier alpha value is -1.50. The number of carboxylic acids is 1. The summed E-state index contributed by atoms with van der Waals surface area (Å²) in [6.07, 6.45) is 7.34. The van der Waals surface area contributed by atoms with Gasteiger partial charge in [-0.05, 0) is 25.7 Å². The van der Waals surface area contributed by atoms with Crippen LogP contribution in [0.2, 0.25) is 0 Å². The molecule has 0 radical (unpaired) electrons. The lowest BCUT2D eigenvalue weighted by Gasteiger charge is -2.16. The standard InChI is InChI=1S/C13H19NO3/c1-4-8(3)14-12(15)10-6-9(5-2)7-11(10)13(16)17/h1,8-11H,5-7H2,2-3H3,(H,14,15)(H,16,17). The maximum atomic E-state index is 11.9. The lowest BCUT2D eigenvalue weighted by Crippen LogP contribution is -2.39. The van der Waals surface area contributed by atoms with Gasteiger partial charge < -0.3 is 10.4 Å². The van der Waals surface area contributed by atoms with Crippen LogP contribution in [0.1, 0.15) is 33.1 Å². The second kappa shape index (κ2) is 5.72. The summed E-state index contributed by atoms with van der Waals surface area (Å²) >= 11 is 0. The quantitative estimate of drug-likeness (QED) is 0.723. The van der Waals surface area contributed by atoms with Crippen molar-refractivity contribution in [3.8, 4) is 12.3 Å². The van der Waals surface area contributed by atoms with Crippen LogP contribution in [-0.4, -0.2) is 23.0 Å². The number of carbonyl (C=O) groups excluding carboxylic acids is 1. The van der Waals surface area contributed by atoms with Gasteiger partial charge in [0.05, 0.1) is 17.9 Å². The molecule has 1 aliphatic rings. The highest BCUT2D eigenvalue weighted by molar-refractivity contribution is 5.85. The molecular formula is C13H19NO3. The van der Waals surface area contributed by atoms with Crippen LogP contribution < -0.4 is 5.32 Å². The van der Waals surface area contributed by atoms with Crippen LogP contribution in [0.15, 0.2) is 0 Å². The zero-order chi connectivity index (χ0) is 13.0. The molecule has 0 aromatic rings. The Morgan fingerprint density at radius 2 is 2.06 bits per heavy atom. The highest BCUT2D eigenvalue weighted by Crippen LogP contribution is 2.38. The van der Waals surface area contributed by atoms with Crippen LogP contribution in [0.4, 0.5) is 0 Å². The van der Waals surface area contributed by atoms with Gasteiger partial charge in [-0.2, -0.15) is 0 Å². The third-order valence-electron chi connectivity index (χ3n) is 3.50. The Bertz CT molecular complexity index is 345. The van der Waals surface area contributed by atoms with Crippen LogP contribution in [0, 0.1) is 30.1 Å². The van der Waals surface area contributed by atoms with Gasteiger partial charge >= 0.3 is 5.97 Å². The Kier molecular flexibility index (Phi) is 4.56. The average molecular weight is 237 g/mol. The summed E-state index contributed by atoms with van der Waals surface area (Å²) in [4.78, 5) is 23.0. The monoisotopic (exact) mass is 237 g/mol. The van der Waals surface area contributed by atoms with Gasteiger partial charge in [-0.3, -0.25) is 9.59 Å². The van der Waals surface area contributed by atoms with E-state index in [0.29, 0.717) is 18.8 Å². The van der Waals surface area contributed by atoms with Crippen molar-refractivity contribution in [3.05, 3.63) is 0 Å². The number of hydrogen-bond acceptors (Lipinski definition) is 2. The summed E-state index contributed by atoms with van der Waals surface area (Å²) in [7, 11) is 0. The first-order chi connectivity index (χ1) is 7.99. The third-order valence-corrected chi connectivity index (χ3v) is 3.50. The molecule has 0 aromatic heterocycles. The van der Waals surface area contributed by atoms with Crippen molar-refractivity contribution in [3.63, 3.8) is 0 Å². The fourth-order valence-corrected chi connectivity index (χ4v) is 2.40. The molecule has 1 aliphatic carbocycles. The predicted octanol–water partition coefficient (Wildman–Crippen LogP) is 1.26. The summed E-state index contributed by atoms with van der Waals surface area (Å²) < 4.78 is 0. The molecule has 1 saturated carbocycles. The van der Waals surface area contributed by atoms with Gasteiger partial charge in [0.2, 0.25) is 5.91 Å². The van der Waals surface area contributed by atoms with Crippen molar-refractivity contribution in [2.45, 2.75) is 39.2 Å². The summed E-state index contributed by atoms with van der Waals surface area (Å²) in [6, 6.07) is -0.349. The zero-order valence-corrected chi connectivity index (χ0v) is 10.3. The highest BCUT2D eigenvalue weighted by atomic mass is 16.4. The number of carboxylic acid groups (broad SMARTS) is 1. The second-order valence-corrected chi connectivity index (χ2v) is 4.69. The van der Waals surface area contributed by atoms with Crippen molar-refractivity contribution in [2.75, 3.05) is 0 Å². The molecule has 4 nitrogen and oxygen atoms in total. The van der Waals surface area contributed by atoms with Gasteiger partial charge in [-0.25, -0.2) is 0 Å². The summed E-state index contributed by atoms with van der Waals surface area (Å²) in [5.41, 5.74) is 0. The van der Waals surface area contributed by atoms with Crippen molar-refractivity contribution in [2.24, 2.45) is 17.8 Å². The first kappa shape index (κ1) is 13.6. The second-order valence-electron chi connectivity index (χ2n) is 4.69. The van der Waals surface area contributed by atoms with Crippen LogP contribution in [0.25, 0.3) is 0 Å². The summed E-state index contributed by atoms with van der Waals surface area (Å²) in [6.45, 7) is 3.73. The number of carbonyl (C=O) groups is 2. The third kappa shape index (κ3) is 3.23. The van der Waals surface area contributed by atoms with Gasteiger partial charge in [0, 0.05) is 0 Å². The molecule has 0 heterocycles. The Morgan fingerprint density at radius 1 is 1.47 bits per heavy atom. The molecule has 1 amide bonds. The zero-order valence-electron chi connectivity index (χ0n) is 10.3. The van der Waals surface area contributed by atoms with Crippen molar-refractivity contribution >= 4 is 11.9 Å². The van der Waals surface area contributed by atoms with Gasteiger partial charge in [-0.1, -0.05) is 19.3 Å². The van der Waals surface area contributed by atoms with E-state index in [2.05, 4.69) is 11.2 Å². The maximum absolute atomic E-state index is 11.9. The molecule has 0 saturated heterocycles. The molecule has 0 spiro atoms. The minimum absolute atomic E-state index is 0.223. The van der Waals surface area contributed by atoms with Gasteiger partial charge in [0.1, 0.15) is 0 Å². The van der Waals surface area contributed by atoms with E-state index in [9.17, 15) is 9.59 Å². The number of nitrogens with one attached hydrogen (secondary N) is 1. The van der Waals surface area contributed by atoms with Crippen molar-refractivity contribution in [1.29, 1.82) is 0 Å². The van der Waals surface area contributed by atoms with E-state index in [0.717, 1.165) is 6.42 Å². The van der Waals surface area contributed by atoms with E-state index in [1.807, 2.05) is 6.92 Å². The minimum Gasteiger partial charge on any atom is -0.481 e. The molecule has 17 heavy (non-hydrogen) atoms. The molecule has 4 heteroatoms. The fraction of sp³-hybridized carbons (Fsp3) is 0.692. The molecule has 1 fully saturated rings. The molecule has 2 N–H and O–H groups in total. The predicted molar refractivity (Wildman–Crippen MR) is 64.1 cm³/mol. The van der Waals surface area contributed by atoms with E-state index in [1.165, 1.54) is 0 Å². The van der Waals surface area contributed by atoms with Crippen LogP contribution in [0.3, 0.4) is 0 Å². The van der Waals surface area contributed by atoms with Crippen LogP contribution >= 0.6 is 0 Å². The topological polar surface area (TPSA) is 66.4 Å². The van der Waals surface area contributed by atoms with E-state index < -0.39 is 17.8 Å². The van der Waals surface area contributed by atoms with Gasteiger partial charge in [0.25, 0.3) is 0 Å². The SMILES string of the molecule is C#CC(C)NC(=O)C1CC(CC)CC1C(=O)O. The molecule has 0 bridgehead atoms. The van der Waals surface area contributed by atoms with Gasteiger partial charge in [0.15, 0.2) is 0 Å². The molecule has 1 rings (SSSR count). The Labute approximate surface area is 102 Å². The summed E-state index contributed by atoms with van der Waals surface area (Å²) in [5.74, 6) is 0.631. The maximum Gasteiger partial charge on any atom is 0.307 e. The number of hydrogen-bond donors (Lipinski definition) is 2. The first-order valence-corrected chi connectivity index (χ1v) is 5.98. The Morgan fingerprint density at radius 3 is 2.53 bits per heavy atom. The number of amides is 1. The first-order valence-electron chi connectivity index (χ1n) is 5.98. The summed E-state index contributed by atoms with van der Waals surface area (Å²) in [5, 5.41) is 11.8. The van der Waals surface area contributed by atoms with Crippen LogP contribution in [0.5, 0.6) is 0 Å². The highest BCUT2D eigenvalue weighted by Gasteiger charge is 2.42.